The van der Waals surface area contributed by atoms with Crippen molar-refractivity contribution < 1.29 is 9.31 Å². The molecule has 4 rings (SSSR count). The quantitative estimate of drug-likeness (QED) is 0.354. The van der Waals surface area contributed by atoms with Crippen LogP contribution in [0.3, 0.4) is 0 Å². The Labute approximate surface area is 175 Å². The fraction of sp³-hybridized carbons (Fsp3) is 0.421. The number of halogens is 2. The van der Waals surface area contributed by atoms with Gasteiger partial charge in [0.1, 0.15) is 5.15 Å². The summed E-state index contributed by atoms with van der Waals surface area (Å²) in [4.78, 5) is 7.20. The predicted octanol–water partition coefficient (Wildman–Crippen LogP) is 4.14. The maximum Gasteiger partial charge on any atom is 0.494 e. The summed E-state index contributed by atoms with van der Waals surface area (Å²) in [7, 11) is -0.311. The summed E-state index contributed by atoms with van der Waals surface area (Å²) in [6, 6.07) is 7.83. The summed E-state index contributed by atoms with van der Waals surface area (Å²) in [6.07, 6.45) is 3.39. The van der Waals surface area contributed by atoms with Crippen LogP contribution in [-0.2, 0) is 15.9 Å². The van der Waals surface area contributed by atoms with E-state index in [-0.39, 0.29) is 23.6 Å². The van der Waals surface area contributed by atoms with Crippen LogP contribution in [0.2, 0.25) is 10.4 Å². The summed E-state index contributed by atoms with van der Waals surface area (Å²) in [5.41, 5.74) is 1.58. The first-order chi connectivity index (χ1) is 13.1. The highest BCUT2D eigenvalue weighted by Gasteiger charge is 2.51. The number of fused-ring (bicyclic) bond motifs is 1. The zero-order chi connectivity index (χ0) is 20.5. The van der Waals surface area contributed by atoms with Crippen LogP contribution in [0.15, 0.2) is 36.7 Å². The molecule has 0 saturated carbocycles. The molecule has 3 heterocycles. The Morgan fingerprint density at radius 1 is 1.07 bits per heavy atom. The molecule has 0 atom stereocenters. The van der Waals surface area contributed by atoms with Gasteiger partial charge in [-0.15, -0.1) is 0 Å². The van der Waals surface area contributed by atoms with E-state index in [4.69, 9.17) is 32.5 Å². The lowest BCUT2D eigenvalue weighted by Crippen LogP contribution is -2.41. The van der Waals surface area contributed by atoms with E-state index in [0.29, 0.717) is 5.15 Å². The molecule has 1 fully saturated rings. The monoisotopic (exact) mass is 420 g/mol. The number of hydrogen-bond donors (Lipinski definition) is 0. The number of benzene rings is 1. The summed E-state index contributed by atoms with van der Waals surface area (Å²) in [5, 5.41) is 6.04. The average Bonchev–Trinajstić information content (AvgIpc) is 3.12. The SMILES string of the molecule is CCn1ncc2cc(B3OC(C)(C)C(C)(C)O3)ccc21.Clc1ccnc(Cl)n1. The highest BCUT2D eigenvalue weighted by molar-refractivity contribution is 6.62. The van der Waals surface area contributed by atoms with E-state index in [1.807, 2.05) is 10.9 Å². The van der Waals surface area contributed by atoms with E-state index < -0.39 is 0 Å². The molecule has 1 saturated heterocycles. The van der Waals surface area contributed by atoms with Crippen molar-refractivity contribution in [3.05, 3.63) is 47.1 Å². The van der Waals surface area contributed by atoms with Gasteiger partial charge in [-0.2, -0.15) is 5.10 Å². The van der Waals surface area contributed by atoms with Crippen LogP contribution in [-0.4, -0.2) is 38.1 Å². The summed E-state index contributed by atoms with van der Waals surface area (Å²) in [5.74, 6) is 0. The van der Waals surface area contributed by atoms with Gasteiger partial charge in [-0.25, -0.2) is 9.97 Å². The Kier molecular flexibility index (Phi) is 6.01. The minimum Gasteiger partial charge on any atom is -0.399 e. The lowest BCUT2D eigenvalue weighted by Gasteiger charge is -2.32. The number of hydrogen-bond acceptors (Lipinski definition) is 5. The summed E-state index contributed by atoms with van der Waals surface area (Å²) in [6.45, 7) is 11.2. The van der Waals surface area contributed by atoms with Gasteiger partial charge in [-0.1, -0.05) is 23.7 Å². The van der Waals surface area contributed by atoms with Crippen LogP contribution >= 0.6 is 23.2 Å². The van der Waals surface area contributed by atoms with Gasteiger partial charge in [-0.3, -0.25) is 4.68 Å². The molecule has 2 aromatic heterocycles. The maximum atomic E-state index is 6.08. The van der Waals surface area contributed by atoms with Gasteiger partial charge >= 0.3 is 7.12 Å². The second kappa shape index (κ2) is 7.99. The molecule has 0 N–H and O–H groups in total. The standard InChI is InChI=1S/C15H21BN2O2.C4H2Cl2N2/c1-6-18-13-8-7-12(9-11(13)10-17-18)16-19-14(2,3)15(4,5)20-16;5-3-1-2-7-4(6)8-3/h7-10H,6H2,1-5H3;1-2H. The Hall–Kier alpha value is -1.67. The van der Waals surface area contributed by atoms with Crippen molar-refractivity contribution in [1.82, 2.24) is 19.7 Å². The highest BCUT2D eigenvalue weighted by atomic mass is 35.5. The molecule has 0 amide bonds. The predicted molar refractivity (Wildman–Crippen MR) is 113 cm³/mol. The molecule has 6 nitrogen and oxygen atoms in total. The van der Waals surface area contributed by atoms with E-state index in [9.17, 15) is 0 Å². The molecular formula is C19H23BCl2N4O2. The normalized spacial score (nSPS) is 17.5. The summed E-state index contributed by atoms with van der Waals surface area (Å²) >= 11 is 10.7. The number of aromatic nitrogens is 4. The smallest absolute Gasteiger partial charge is 0.399 e. The van der Waals surface area contributed by atoms with Crippen molar-refractivity contribution in [3.63, 3.8) is 0 Å². The van der Waals surface area contributed by atoms with Gasteiger partial charge in [0.25, 0.3) is 0 Å². The lowest BCUT2D eigenvalue weighted by molar-refractivity contribution is 0.00578. The molecular weight excluding hydrogens is 398 g/mol. The maximum absolute atomic E-state index is 6.08. The molecule has 0 bridgehead atoms. The second-order valence-corrected chi connectivity index (χ2v) is 8.24. The molecule has 1 aromatic carbocycles. The van der Waals surface area contributed by atoms with Crippen molar-refractivity contribution in [2.75, 3.05) is 0 Å². The van der Waals surface area contributed by atoms with Crippen LogP contribution in [0.1, 0.15) is 34.6 Å². The Morgan fingerprint density at radius 3 is 2.29 bits per heavy atom. The molecule has 28 heavy (non-hydrogen) atoms. The number of nitrogens with zero attached hydrogens (tertiary/aromatic N) is 4. The molecule has 9 heteroatoms. The van der Waals surface area contributed by atoms with Crippen molar-refractivity contribution in [1.29, 1.82) is 0 Å². The zero-order valence-electron chi connectivity index (χ0n) is 16.6. The lowest BCUT2D eigenvalue weighted by atomic mass is 9.79. The minimum absolute atomic E-state index is 0.178. The van der Waals surface area contributed by atoms with E-state index in [0.717, 1.165) is 22.9 Å². The van der Waals surface area contributed by atoms with Crippen molar-refractivity contribution >= 4 is 46.7 Å². The first-order valence-corrected chi connectivity index (χ1v) is 9.84. The Morgan fingerprint density at radius 2 is 1.75 bits per heavy atom. The van der Waals surface area contributed by atoms with Gasteiger partial charge in [0.05, 0.1) is 22.9 Å². The van der Waals surface area contributed by atoms with E-state index in [1.165, 1.54) is 6.20 Å². The van der Waals surface area contributed by atoms with Gasteiger partial charge in [0.15, 0.2) is 0 Å². The van der Waals surface area contributed by atoms with E-state index in [1.54, 1.807) is 6.07 Å². The molecule has 0 unspecified atom stereocenters. The van der Waals surface area contributed by atoms with Crippen LogP contribution in [0.4, 0.5) is 0 Å². The van der Waals surface area contributed by atoms with Gasteiger partial charge in [0.2, 0.25) is 5.28 Å². The van der Waals surface area contributed by atoms with Gasteiger partial charge in [0, 0.05) is 18.1 Å². The van der Waals surface area contributed by atoms with Crippen LogP contribution < -0.4 is 5.46 Å². The van der Waals surface area contributed by atoms with Crippen molar-refractivity contribution in [2.45, 2.75) is 52.4 Å². The molecule has 0 spiro atoms. The minimum atomic E-state index is -0.311. The molecule has 148 valence electrons. The van der Waals surface area contributed by atoms with Crippen molar-refractivity contribution in [2.24, 2.45) is 0 Å². The third-order valence-electron chi connectivity index (χ3n) is 5.08. The van der Waals surface area contributed by atoms with E-state index >= 15 is 0 Å². The molecule has 1 aliphatic heterocycles. The third kappa shape index (κ3) is 4.33. The molecule has 3 aromatic rings. The first kappa shape index (κ1) is 21.1. The van der Waals surface area contributed by atoms with Gasteiger partial charge < -0.3 is 9.31 Å². The fourth-order valence-electron chi connectivity index (χ4n) is 2.80. The topological polar surface area (TPSA) is 62.1 Å². The van der Waals surface area contributed by atoms with Gasteiger partial charge in [-0.05, 0) is 63.8 Å². The second-order valence-electron chi connectivity index (χ2n) is 7.52. The number of rotatable bonds is 2. The molecule has 1 aliphatic rings. The third-order valence-corrected chi connectivity index (χ3v) is 5.48. The average molecular weight is 421 g/mol. The zero-order valence-corrected chi connectivity index (χ0v) is 18.1. The fourth-order valence-corrected chi connectivity index (χ4v) is 3.12. The Bertz CT molecular complexity index is 944. The van der Waals surface area contributed by atoms with Crippen LogP contribution in [0.25, 0.3) is 10.9 Å². The van der Waals surface area contributed by atoms with Crippen molar-refractivity contribution in [3.8, 4) is 0 Å². The molecule has 0 aliphatic carbocycles. The molecule has 0 radical (unpaired) electrons. The summed E-state index contributed by atoms with van der Waals surface area (Å²) < 4.78 is 14.2. The Balaban J connectivity index is 0.000000236. The number of aryl methyl sites for hydroxylation is 1. The van der Waals surface area contributed by atoms with Crippen LogP contribution in [0, 0.1) is 0 Å². The van der Waals surface area contributed by atoms with E-state index in [2.05, 4.69) is 67.9 Å². The highest BCUT2D eigenvalue weighted by Crippen LogP contribution is 2.36. The van der Waals surface area contributed by atoms with Crippen LogP contribution in [0.5, 0.6) is 0 Å². The largest absolute Gasteiger partial charge is 0.494 e. The first-order valence-electron chi connectivity index (χ1n) is 9.08.